The molecule has 0 aliphatic rings. The third kappa shape index (κ3) is 5.20. The number of amides is 1. The van der Waals surface area contributed by atoms with Gasteiger partial charge in [-0.2, -0.15) is 5.10 Å². The fraction of sp³-hybridized carbons (Fsp3) is 0.103. The molecule has 0 aliphatic heterocycles. The second-order valence-corrected chi connectivity index (χ2v) is 8.61. The van der Waals surface area contributed by atoms with E-state index in [4.69, 9.17) is 21.1 Å². The number of hydrogen-bond donors (Lipinski definition) is 0. The molecule has 0 radical (unpaired) electrons. The van der Waals surface area contributed by atoms with Gasteiger partial charge in [-0.05, 0) is 41.8 Å². The van der Waals surface area contributed by atoms with Crippen molar-refractivity contribution in [1.29, 1.82) is 0 Å². The summed E-state index contributed by atoms with van der Waals surface area (Å²) in [5, 5.41) is 5.21. The van der Waals surface area contributed by atoms with Gasteiger partial charge in [0.1, 0.15) is 11.4 Å². The second kappa shape index (κ2) is 10.5. The van der Waals surface area contributed by atoms with Gasteiger partial charge in [0.15, 0.2) is 5.76 Å². The van der Waals surface area contributed by atoms with Crippen molar-refractivity contribution < 1.29 is 9.21 Å². The Kier molecular flexibility index (Phi) is 6.77. The Labute approximate surface area is 209 Å². The zero-order valence-electron chi connectivity index (χ0n) is 19.0. The zero-order valence-corrected chi connectivity index (χ0v) is 19.8. The fourth-order valence-electron chi connectivity index (χ4n) is 4.01. The number of carbonyl (C=O) groups excluding carboxylic acids is 1. The minimum absolute atomic E-state index is 0.130. The third-order valence-electron chi connectivity index (χ3n) is 5.80. The number of hydrogen-bond acceptors (Lipinski definition) is 3. The Morgan fingerprint density at radius 2 is 1.54 bits per heavy atom. The Morgan fingerprint density at radius 3 is 2.23 bits per heavy atom. The molecule has 1 amide bonds. The van der Waals surface area contributed by atoms with Crippen LogP contribution in [0.4, 0.5) is 0 Å². The maximum absolute atomic E-state index is 14.1. The van der Waals surface area contributed by atoms with E-state index in [1.165, 1.54) is 5.56 Å². The van der Waals surface area contributed by atoms with Gasteiger partial charge < -0.3 is 9.32 Å². The van der Waals surface area contributed by atoms with Crippen molar-refractivity contribution in [2.45, 2.75) is 13.0 Å². The zero-order chi connectivity index (χ0) is 24.0. The lowest BCUT2D eigenvalue weighted by Crippen LogP contribution is -2.34. The molecule has 2 aromatic heterocycles. The van der Waals surface area contributed by atoms with Crippen LogP contribution in [0.1, 0.15) is 21.6 Å². The molecule has 174 valence electrons. The third-order valence-corrected chi connectivity index (χ3v) is 6.12. The van der Waals surface area contributed by atoms with Gasteiger partial charge in [0.05, 0.1) is 17.0 Å². The van der Waals surface area contributed by atoms with Crippen molar-refractivity contribution in [3.63, 3.8) is 0 Å². The molecule has 5 aromatic rings. The van der Waals surface area contributed by atoms with Gasteiger partial charge in [-0.1, -0.05) is 84.4 Å². The van der Waals surface area contributed by atoms with Crippen molar-refractivity contribution in [1.82, 2.24) is 14.7 Å². The maximum Gasteiger partial charge on any atom is 0.272 e. The Balaban J connectivity index is 1.54. The van der Waals surface area contributed by atoms with E-state index < -0.39 is 0 Å². The van der Waals surface area contributed by atoms with Crippen LogP contribution in [-0.4, -0.2) is 27.1 Å². The molecule has 0 atom stereocenters. The highest BCUT2D eigenvalue weighted by molar-refractivity contribution is 6.32. The average molecular weight is 482 g/mol. The topological polar surface area (TPSA) is 51.3 Å². The monoisotopic (exact) mass is 481 g/mol. The fourth-order valence-corrected chi connectivity index (χ4v) is 4.23. The Morgan fingerprint density at radius 1 is 0.857 bits per heavy atom. The number of nitrogens with zero attached hydrogens (tertiary/aromatic N) is 3. The quantitative estimate of drug-likeness (QED) is 0.248. The van der Waals surface area contributed by atoms with Crippen LogP contribution in [0.3, 0.4) is 0 Å². The number of halogens is 1. The van der Waals surface area contributed by atoms with Crippen LogP contribution in [0.15, 0.2) is 114 Å². The summed E-state index contributed by atoms with van der Waals surface area (Å²) in [6.45, 7) is 1.04. The number of carbonyl (C=O) groups is 1. The summed E-state index contributed by atoms with van der Waals surface area (Å²) in [5.41, 5.74) is 3.87. The molecule has 0 fully saturated rings. The van der Waals surface area contributed by atoms with Gasteiger partial charge >= 0.3 is 0 Å². The van der Waals surface area contributed by atoms with Crippen LogP contribution in [0.25, 0.3) is 17.1 Å². The minimum atomic E-state index is -0.130. The van der Waals surface area contributed by atoms with E-state index in [0.717, 1.165) is 12.0 Å². The molecule has 0 aliphatic carbocycles. The first-order valence-corrected chi connectivity index (χ1v) is 11.8. The molecule has 0 unspecified atom stereocenters. The molecule has 2 heterocycles. The van der Waals surface area contributed by atoms with Gasteiger partial charge in [0.2, 0.25) is 0 Å². The second-order valence-electron chi connectivity index (χ2n) is 8.20. The molecule has 5 nitrogen and oxygen atoms in total. The van der Waals surface area contributed by atoms with Gasteiger partial charge in [0.25, 0.3) is 5.91 Å². The van der Waals surface area contributed by atoms with Crippen molar-refractivity contribution in [2.75, 3.05) is 6.54 Å². The molecule has 6 heteroatoms. The SMILES string of the molecule is O=C(c1cc(-c2ccco2)nn1-c1ccccc1Cl)N(CCc1ccccc1)Cc1ccccc1. The molecule has 5 rings (SSSR count). The van der Waals surface area contributed by atoms with E-state index in [1.54, 1.807) is 29.1 Å². The highest BCUT2D eigenvalue weighted by Gasteiger charge is 2.24. The highest BCUT2D eigenvalue weighted by atomic mass is 35.5. The summed E-state index contributed by atoms with van der Waals surface area (Å²) in [4.78, 5) is 15.9. The van der Waals surface area contributed by atoms with Gasteiger partial charge in [-0.15, -0.1) is 0 Å². The first-order chi connectivity index (χ1) is 17.2. The average Bonchev–Trinajstić information content (AvgIpc) is 3.58. The first-order valence-electron chi connectivity index (χ1n) is 11.4. The highest BCUT2D eigenvalue weighted by Crippen LogP contribution is 2.27. The van der Waals surface area contributed by atoms with Crippen molar-refractivity contribution in [2.24, 2.45) is 0 Å². The minimum Gasteiger partial charge on any atom is -0.463 e. The maximum atomic E-state index is 14.1. The number of benzene rings is 3. The summed E-state index contributed by atoms with van der Waals surface area (Å²) < 4.78 is 7.18. The van der Waals surface area contributed by atoms with Crippen LogP contribution in [0.2, 0.25) is 5.02 Å². The van der Waals surface area contributed by atoms with Crippen LogP contribution < -0.4 is 0 Å². The number of aromatic nitrogens is 2. The van der Waals surface area contributed by atoms with E-state index >= 15 is 0 Å². The number of para-hydroxylation sites is 1. The van der Waals surface area contributed by atoms with Gasteiger partial charge in [-0.3, -0.25) is 4.79 Å². The standard InChI is InChI=1S/C29H24ClN3O2/c30-24-14-7-8-15-26(24)33-27(20-25(31-33)28-16-9-19-35-28)29(34)32(21-23-12-5-2-6-13-23)18-17-22-10-3-1-4-11-22/h1-16,19-20H,17-18,21H2. The van der Waals surface area contributed by atoms with Crippen LogP contribution in [-0.2, 0) is 13.0 Å². The summed E-state index contributed by atoms with van der Waals surface area (Å²) in [6.07, 6.45) is 2.33. The molecule has 0 spiro atoms. The normalized spacial score (nSPS) is 10.9. The summed E-state index contributed by atoms with van der Waals surface area (Å²) >= 11 is 6.51. The summed E-state index contributed by atoms with van der Waals surface area (Å²) in [7, 11) is 0. The Hall–Kier alpha value is -4.09. The lowest BCUT2D eigenvalue weighted by atomic mass is 10.1. The largest absolute Gasteiger partial charge is 0.463 e. The summed E-state index contributed by atoms with van der Waals surface area (Å²) in [5.74, 6) is 0.457. The summed E-state index contributed by atoms with van der Waals surface area (Å²) in [6, 6.07) is 32.9. The molecular weight excluding hydrogens is 458 g/mol. The lowest BCUT2D eigenvalue weighted by molar-refractivity contribution is 0.0736. The van der Waals surface area contributed by atoms with Gasteiger partial charge in [-0.25, -0.2) is 4.68 Å². The van der Waals surface area contributed by atoms with Crippen LogP contribution in [0, 0.1) is 0 Å². The van der Waals surface area contributed by atoms with E-state index in [2.05, 4.69) is 12.1 Å². The Bertz CT molecular complexity index is 1400. The molecule has 3 aromatic carbocycles. The number of furan rings is 1. The first kappa shape index (κ1) is 22.7. The smallest absolute Gasteiger partial charge is 0.272 e. The number of rotatable bonds is 8. The van der Waals surface area contributed by atoms with Crippen LogP contribution >= 0.6 is 11.6 Å². The van der Waals surface area contributed by atoms with Crippen molar-refractivity contribution in [3.05, 3.63) is 131 Å². The molecule has 0 saturated carbocycles. The van der Waals surface area contributed by atoms with Crippen molar-refractivity contribution in [3.8, 4) is 17.1 Å². The molecule has 35 heavy (non-hydrogen) atoms. The van der Waals surface area contributed by atoms with Crippen LogP contribution in [0.5, 0.6) is 0 Å². The molecular formula is C29H24ClN3O2. The van der Waals surface area contributed by atoms with Gasteiger partial charge in [0, 0.05) is 19.2 Å². The van der Waals surface area contributed by atoms with Crippen molar-refractivity contribution >= 4 is 17.5 Å². The predicted molar refractivity (Wildman–Crippen MR) is 138 cm³/mol. The molecule has 0 saturated heterocycles. The van der Waals surface area contributed by atoms with E-state index in [-0.39, 0.29) is 5.91 Å². The predicted octanol–water partition coefficient (Wildman–Crippen LogP) is 6.67. The molecule has 0 bridgehead atoms. The van der Waals surface area contributed by atoms with E-state index in [1.807, 2.05) is 77.7 Å². The van der Waals surface area contributed by atoms with E-state index in [0.29, 0.717) is 40.9 Å². The van der Waals surface area contributed by atoms with E-state index in [9.17, 15) is 4.79 Å². The molecule has 0 N–H and O–H groups in total. The lowest BCUT2D eigenvalue weighted by Gasteiger charge is -2.23.